The van der Waals surface area contributed by atoms with Crippen LogP contribution in [-0.2, 0) is 10.5 Å². The van der Waals surface area contributed by atoms with E-state index in [9.17, 15) is 19.5 Å². The van der Waals surface area contributed by atoms with Gasteiger partial charge in [-0.15, -0.1) is 0 Å². The van der Waals surface area contributed by atoms with Crippen molar-refractivity contribution in [1.29, 1.82) is 0 Å². The number of rotatable bonds is 1. The Morgan fingerprint density at radius 2 is 1.91 bits per heavy atom. The monoisotopic (exact) mass is 380 g/mol. The fraction of sp³-hybridized carbons (Fsp3) is 0.562. The van der Waals surface area contributed by atoms with Gasteiger partial charge in [-0.05, 0) is 50.0 Å². The van der Waals surface area contributed by atoms with Gasteiger partial charge in [0.1, 0.15) is 11.4 Å². The van der Waals surface area contributed by atoms with Crippen molar-refractivity contribution in [1.82, 2.24) is 8.49 Å². The predicted molar refractivity (Wildman–Crippen MR) is 85.2 cm³/mol. The first-order chi connectivity index (χ1) is 10.8. The summed E-state index contributed by atoms with van der Waals surface area (Å²) >= 11 is 3.38. The van der Waals surface area contributed by atoms with Crippen LogP contribution >= 0.6 is 16.1 Å². The third-order valence-electron chi connectivity index (χ3n) is 5.99. The van der Waals surface area contributed by atoms with Crippen LogP contribution in [0, 0.1) is 18.3 Å². The minimum atomic E-state index is -0.729. The summed E-state index contributed by atoms with van der Waals surface area (Å²) in [6.07, 6.45) is 3.36. The number of fused-ring (bicyclic) bond motifs is 2. The number of carboxylic acids is 1. The van der Waals surface area contributed by atoms with Crippen molar-refractivity contribution in [3.8, 4) is 0 Å². The lowest BCUT2D eigenvalue weighted by molar-refractivity contribution is -0.139. The number of carboxylic acid groups (broad SMARTS) is 1. The maximum Gasteiger partial charge on any atom is 0.307 e. The van der Waals surface area contributed by atoms with Gasteiger partial charge in [0, 0.05) is 6.07 Å². The Labute approximate surface area is 141 Å². The second-order valence-electron chi connectivity index (χ2n) is 7.06. The number of aliphatic carboxylic acids is 1. The number of carbonyl (C=O) groups excluding carboxylic acids is 1. The van der Waals surface area contributed by atoms with Crippen LogP contribution in [0.4, 0.5) is 0 Å². The number of amides is 1. The van der Waals surface area contributed by atoms with Gasteiger partial charge in [-0.3, -0.25) is 19.0 Å². The lowest BCUT2D eigenvalue weighted by Crippen LogP contribution is -2.48. The van der Waals surface area contributed by atoms with Crippen molar-refractivity contribution in [3.05, 3.63) is 33.7 Å². The summed E-state index contributed by atoms with van der Waals surface area (Å²) in [5, 5.41) is 9.23. The van der Waals surface area contributed by atoms with Crippen molar-refractivity contribution < 1.29 is 14.7 Å². The van der Waals surface area contributed by atoms with Gasteiger partial charge < -0.3 is 5.11 Å². The molecular weight excluding hydrogens is 364 g/mol. The molecule has 3 aliphatic rings. The fourth-order valence-corrected chi connectivity index (χ4v) is 5.18. The second kappa shape index (κ2) is 4.47. The summed E-state index contributed by atoms with van der Waals surface area (Å²) in [6.45, 7) is 1.83. The molecule has 1 atom stereocenters. The molecule has 2 fully saturated rings. The molecule has 4 rings (SSSR count). The van der Waals surface area contributed by atoms with Crippen LogP contribution in [0.2, 0.25) is 0 Å². The minimum absolute atomic E-state index is 0.135. The van der Waals surface area contributed by atoms with Gasteiger partial charge in [0.15, 0.2) is 0 Å². The zero-order valence-electron chi connectivity index (χ0n) is 12.7. The highest BCUT2D eigenvalue weighted by Crippen LogP contribution is 2.64. The summed E-state index contributed by atoms with van der Waals surface area (Å²) in [5.41, 5.74) is 0.209. The molecule has 122 valence electrons. The van der Waals surface area contributed by atoms with E-state index in [-0.39, 0.29) is 22.8 Å². The summed E-state index contributed by atoms with van der Waals surface area (Å²) in [5.74, 6) is -1.19. The minimum Gasteiger partial charge on any atom is -0.481 e. The van der Waals surface area contributed by atoms with E-state index in [0.29, 0.717) is 25.0 Å². The molecule has 1 N–H and O–H groups in total. The quantitative estimate of drug-likeness (QED) is 0.757. The summed E-state index contributed by atoms with van der Waals surface area (Å²) < 4.78 is 3.12. The average molecular weight is 381 g/mol. The Balaban J connectivity index is 1.75. The molecule has 1 aromatic heterocycles. The number of halogens is 1. The van der Waals surface area contributed by atoms with Gasteiger partial charge in [-0.2, -0.15) is 0 Å². The molecule has 1 aliphatic heterocycles. The van der Waals surface area contributed by atoms with E-state index >= 15 is 0 Å². The SMILES string of the molecule is Cc1ccc(=O)n2c1C(=O)N(Br)C21CCC2(CC1)CC2C(=O)O. The number of aromatic nitrogens is 1. The van der Waals surface area contributed by atoms with Gasteiger partial charge in [-0.1, -0.05) is 6.07 Å². The largest absolute Gasteiger partial charge is 0.481 e. The van der Waals surface area contributed by atoms with Crippen LogP contribution in [0.1, 0.15) is 48.2 Å². The van der Waals surface area contributed by atoms with E-state index in [1.807, 2.05) is 6.92 Å². The number of aryl methyl sites for hydroxylation is 1. The van der Waals surface area contributed by atoms with Crippen LogP contribution in [0.15, 0.2) is 16.9 Å². The summed E-state index contributed by atoms with van der Waals surface area (Å²) in [6, 6.07) is 3.18. The first kappa shape index (κ1) is 14.9. The maximum atomic E-state index is 12.6. The van der Waals surface area contributed by atoms with Crippen LogP contribution in [0.3, 0.4) is 0 Å². The lowest BCUT2D eigenvalue weighted by atomic mass is 9.78. The molecule has 0 radical (unpaired) electrons. The molecular formula is C16H17BrN2O4. The molecule has 6 nitrogen and oxygen atoms in total. The lowest BCUT2D eigenvalue weighted by Gasteiger charge is -2.42. The van der Waals surface area contributed by atoms with E-state index in [1.165, 1.54) is 9.99 Å². The molecule has 1 aromatic rings. The maximum absolute atomic E-state index is 12.6. The zero-order chi connectivity index (χ0) is 16.6. The first-order valence-corrected chi connectivity index (χ1v) is 8.50. The topological polar surface area (TPSA) is 79.6 Å². The van der Waals surface area contributed by atoms with Crippen molar-refractivity contribution in [2.45, 2.75) is 44.7 Å². The van der Waals surface area contributed by atoms with Crippen LogP contribution in [0.5, 0.6) is 0 Å². The molecule has 2 heterocycles. The Kier molecular flexibility index (Phi) is 2.90. The van der Waals surface area contributed by atoms with Gasteiger partial charge in [0.25, 0.3) is 11.5 Å². The Hall–Kier alpha value is -1.63. The third-order valence-corrected chi connectivity index (χ3v) is 6.97. The number of carbonyl (C=O) groups is 2. The van der Waals surface area contributed by atoms with Crippen molar-refractivity contribution >= 4 is 28.0 Å². The Morgan fingerprint density at radius 1 is 1.26 bits per heavy atom. The molecule has 0 saturated heterocycles. The van der Waals surface area contributed by atoms with E-state index in [0.717, 1.165) is 18.4 Å². The highest BCUT2D eigenvalue weighted by Gasteiger charge is 2.63. The highest BCUT2D eigenvalue weighted by atomic mass is 79.9. The van der Waals surface area contributed by atoms with Crippen LogP contribution in [0.25, 0.3) is 0 Å². The smallest absolute Gasteiger partial charge is 0.307 e. The molecule has 2 saturated carbocycles. The van der Waals surface area contributed by atoms with E-state index in [1.54, 1.807) is 10.6 Å². The fourth-order valence-electron chi connectivity index (χ4n) is 4.50. The zero-order valence-corrected chi connectivity index (χ0v) is 14.3. The van der Waals surface area contributed by atoms with Crippen molar-refractivity contribution in [2.75, 3.05) is 0 Å². The van der Waals surface area contributed by atoms with Gasteiger partial charge >= 0.3 is 5.97 Å². The number of nitrogens with zero attached hydrogens (tertiary/aromatic N) is 2. The third kappa shape index (κ3) is 1.77. The number of hydrogen-bond acceptors (Lipinski definition) is 3. The molecule has 2 spiro atoms. The predicted octanol–water partition coefficient (Wildman–Crippen LogP) is 2.24. The molecule has 0 bridgehead atoms. The molecule has 23 heavy (non-hydrogen) atoms. The van der Waals surface area contributed by atoms with Gasteiger partial charge in [0.2, 0.25) is 0 Å². The molecule has 1 amide bonds. The summed E-state index contributed by atoms with van der Waals surface area (Å²) in [4.78, 5) is 36.3. The normalized spacial score (nSPS) is 35.0. The second-order valence-corrected chi connectivity index (χ2v) is 7.77. The van der Waals surface area contributed by atoms with Crippen molar-refractivity contribution in [3.63, 3.8) is 0 Å². The first-order valence-electron chi connectivity index (χ1n) is 7.79. The van der Waals surface area contributed by atoms with E-state index in [4.69, 9.17) is 0 Å². The Bertz CT molecular complexity index is 792. The van der Waals surface area contributed by atoms with Gasteiger partial charge in [0.05, 0.1) is 22.1 Å². The van der Waals surface area contributed by atoms with E-state index < -0.39 is 11.6 Å². The number of pyridine rings is 1. The van der Waals surface area contributed by atoms with Crippen LogP contribution in [-0.4, -0.2) is 25.5 Å². The molecule has 2 aliphatic carbocycles. The number of hydrogen-bond donors (Lipinski definition) is 1. The Morgan fingerprint density at radius 3 is 2.48 bits per heavy atom. The highest BCUT2D eigenvalue weighted by molar-refractivity contribution is 9.07. The van der Waals surface area contributed by atoms with Crippen LogP contribution < -0.4 is 5.56 Å². The molecule has 0 aromatic carbocycles. The van der Waals surface area contributed by atoms with E-state index in [2.05, 4.69) is 16.1 Å². The summed E-state index contributed by atoms with van der Waals surface area (Å²) in [7, 11) is 0. The average Bonchev–Trinajstić information content (AvgIpc) is 3.19. The van der Waals surface area contributed by atoms with Crippen molar-refractivity contribution in [2.24, 2.45) is 11.3 Å². The molecule has 1 unspecified atom stereocenters. The van der Waals surface area contributed by atoms with Gasteiger partial charge in [-0.25, -0.2) is 3.93 Å². The standard InChI is InChI=1S/C16H17BrN2O4/c1-9-2-3-11(20)18-12(9)13(21)19(17)16(18)6-4-15(5-7-16)8-10(15)14(22)23/h2-3,10H,4-8H2,1H3,(H,22,23). The molecule has 7 heteroatoms.